The van der Waals surface area contributed by atoms with Crippen LogP contribution in [0.15, 0.2) is 48.1 Å². The molecule has 1 aromatic carbocycles. The molecule has 0 fully saturated rings. The molecule has 140 valence electrons. The molecule has 0 spiro atoms. The molecular formula is C19H22O7. The molecule has 1 aromatic rings. The fourth-order valence-electron chi connectivity index (χ4n) is 2.20. The molecule has 26 heavy (non-hydrogen) atoms. The third kappa shape index (κ3) is 4.72. The Kier molecular flexibility index (Phi) is 5.86. The normalized spacial score (nSPS) is 20.2. The molecule has 7 heteroatoms. The Morgan fingerprint density at radius 3 is 2.31 bits per heavy atom. The van der Waals surface area contributed by atoms with Crippen LogP contribution in [0.5, 0.6) is 11.5 Å². The number of carbonyl (C=O) groups excluding carboxylic acids is 1. The smallest absolute Gasteiger partial charge is 0.319 e. The lowest BCUT2D eigenvalue weighted by atomic mass is 9.93. The zero-order valence-corrected chi connectivity index (χ0v) is 14.3. The summed E-state index contributed by atoms with van der Waals surface area (Å²) in [6, 6.07) is 4.18. The molecule has 2 rings (SSSR count). The molecule has 7 nitrogen and oxygen atoms in total. The Labute approximate surface area is 150 Å². The van der Waals surface area contributed by atoms with Gasteiger partial charge in [0.05, 0.1) is 13.2 Å². The monoisotopic (exact) mass is 362 g/mol. The van der Waals surface area contributed by atoms with E-state index in [2.05, 4.69) is 0 Å². The predicted molar refractivity (Wildman–Crippen MR) is 94.0 cm³/mol. The maximum atomic E-state index is 12.0. The van der Waals surface area contributed by atoms with Gasteiger partial charge in [0.2, 0.25) is 5.79 Å². The number of aliphatic hydroxyl groups excluding tert-OH is 2. The summed E-state index contributed by atoms with van der Waals surface area (Å²) in [4.78, 5) is 12.0. The van der Waals surface area contributed by atoms with Crippen LogP contribution in [-0.2, 0) is 9.53 Å². The van der Waals surface area contributed by atoms with Crippen molar-refractivity contribution in [2.75, 3.05) is 13.2 Å². The van der Waals surface area contributed by atoms with Crippen LogP contribution in [0.3, 0.4) is 0 Å². The van der Waals surface area contributed by atoms with Crippen molar-refractivity contribution in [3.8, 4) is 11.5 Å². The summed E-state index contributed by atoms with van der Waals surface area (Å²) in [7, 11) is 0. The van der Waals surface area contributed by atoms with Gasteiger partial charge in [-0.3, -0.25) is 4.79 Å². The lowest BCUT2D eigenvalue weighted by Gasteiger charge is -2.31. The summed E-state index contributed by atoms with van der Waals surface area (Å²) in [5.41, 5.74) is -0.184. The molecule has 1 unspecified atom stereocenters. The van der Waals surface area contributed by atoms with E-state index in [-0.39, 0.29) is 17.9 Å². The lowest BCUT2D eigenvalue weighted by Crippen LogP contribution is -2.43. The summed E-state index contributed by atoms with van der Waals surface area (Å²) < 4.78 is 5.04. The van der Waals surface area contributed by atoms with Crippen molar-refractivity contribution in [3.05, 3.63) is 53.6 Å². The van der Waals surface area contributed by atoms with Crippen molar-refractivity contribution < 1.29 is 35.1 Å². The number of aromatic hydroxyl groups is 2. The van der Waals surface area contributed by atoms with E-state index >= 15 is 0 Å². The Bertz CT molecular complexity index is 739. The fourth-order valence-corrected chi connectivity index (χ4v) is 2.20. The van der Waals surface area contributed by atoms with E-state index in [4.69, 9.17) is 4.74 Å². The van der Waals surface area contributed by atoms with E-state index in [1.807, 2.05) is 0 Å². The first-order valence-electron chi connectivity index (χ1n) is 7.98. The quantitative estimate of drug-likeness (QED) is 0.380. The van der Waals surface area contributed by atoms with E-state index < -0.39 is 30.4 Å². The minimum absolute atomic E-state index is 0.00681. The van der Waals surface area contributed by atoms with Gasteiger partial charge in [-0.05, 0) is 36.3 Å². The number of ether oxygens (including phenoxy) is 1. The van der Waals surface area contributed by atoms with Gasteiger partial charge in [-0.2, -0.15) is 0 Å². The lowest BCUT2D eigenvalue weighted by molar-refractivity contribution is -0.204. The van der Waals surface area contributed by atoms with Crippen LogP contribution < -0.4 is 0 Å². The largest absolute Gasteiger partial charge is 0.508 e. The van der Waals surface area contributed by atoms with Gasteiger partial charge in [0.15, 0.2) is 0 Å². The number of allylic oxidation sites excluding steroid dienone is 3. The average molecular weight is 362 g/mol. The van der Waals surface area contributed by atoms with Crippen molar-refractivity contribution in [2.24, 2.45) is 5.41 Å². The third-order valence-corrected chi connectivity index (χ3v) is 4.02. The van der Waals surface area contributed by atoms with E-state index in [1.165, 1.54) is 31.2 Å². The number of hydrogen-bond acceptors (Lipinski definition) is 7. The SMILES string of the molecule is CC(CO)(CO)C(=O)OC1(O)C=CC(C=Cc2cc(O)cc(O)c2)=CC1. The van der Waals surface area contributed by atoms with E-state index in [0.717, 1.165) is 5.57 Å². The highest BCUT2D eigenvalue weighted by Crippen LogP contribution is 2.28. The Balaban J connectivity index is 2.04. The van der Waals surface area contributed by atoms with Crippen molar-refractivity contribution >= 4 is 12.0 Å². The molecule has 0 saturated carbocycles. The molecule has 1 aliphatic carbocycles. The maximum Gasteiger partial charge on any atom is 0.319 e. The van der Waals surface area contributed by atoms with Gasteiger partial charge in [0, 0.05) is 12.5 Å². The molecule has 0 heterocycles. The molecule has 0 aliphatic heterocycles. The summed E-state index contributed by atoms with van der Waals surface area (Å²) in [5.74, 6) is -2.88. The molecule has 0 bridgehead atoms. The van der Waals surface area contributed by atoms with E-state index in [0.29, 0.717) is 5.56 Å². The number of phenolic OH excluding ortho intramolecular Hbond substituents is 2. The van der Waals surface area contributed by atoms with Crippen LogP contribution in [-0.4, -0.2) is 50.5 Å². The van der Waals surface area contributed by atoms with Gasteiger partial charge in [-0.1, -0.05) is 24.3 Å². The van der Waals surface area contributed by atoms with Gasteiger partial charge in [-0.25, -0.2) is 0 Å². The number of phenols is 2. The van der Waals surface area contributed by atoms with Crippen LogP contribution in [0.4, 0.5) is 0 Å². The Morgan fingerprint density at radius 2 is 1.81 bits per heavy atom. The van der Waals surface area contributed by atoms with E-state index in [9.17, 15) is 30.3 Å². The second-order valence-corrected chi connectivity index (χ2v) is 6.47. The first-order chi connectivity index (χ1) is 12.2. The molecule has 1 atom stereocenters. The van der Waals surface area contributed by atoms with Crippen LogP contribution in [0.1, 0.15) is 18.9 Å². The van der Waals surface area contributed by atoms with Crippen LogP contribution in [0.2, 0.25) is 0 Å². The van der Waals surface area contributed by atoms with E-state index in [1.54, 1.807) is 24.3 Å². The number of esters is 1. The van der Waals surface area contributed by atoms with Crippen molar-refractivity contribution in [2.45, 2.75) is 19.1 Å². The molecule has 1 aliphatic rings. The average Bonchev–Trinajstić information content (AvgIpc) is 2.59. The molecule has 0 saturated heterocycles. The third-order valence-electron chi connectivity index (χ3n) is 4.02. The maximum absolute atomic E-state index is 12.0. The molecule has 0 aromatic heterocycles. The number of rotatable bonds is 6. The number of hydrogen-bond donors (Lipinski definition) is 5. The highest BCUT2D eigenvalue weighted by atomic mass is 16.7. The summed E-state index contributed by atoms with van der Waals surface area (Å²) >= 11 is 0. The van der Waals surface area contributed by atoms with Crippen molar-refractivity contribution in [1.29, 1.82) is 0 Å². The first-order valence-corrected chi connectivity index (χ1v) is 7.98. The summed E-state index contributed by atoms with van der Waals surface area (Å²) in [5, 5.41) is 47.7. The fraction of sp³-hybridized carbons (Fsp3) is 0.316. The first kappa shape index (κ1) is 19.7. The minimum Gasteiger partial charge on any atom is -0.508 e. The van der Waals surface area contributed by atoms with Gasteiger partial charge < -0.3 is 30.3 Å². The molecule has 0 radical (unpaired) electrons. The molecular weight excluding hydrogens is 340 g/mol. The molecule has 5 N–H and O–H groups in total. The van der Waals surface area contributed by atoms with Gasteiger partial charge >= 0.3 is 5.97 Å². The van der Waals surface area contributed by atoms with Crippen LogP contribution >= 0.6 is 0 Å². The van der Waals surface area contributed by atoms with Crippen LogP contribution in [0, 0.1) is 5.41 Å². The predicted octanol–water partition coefficient (Wildman–Crippen LogP) is 1.22. The van der Waals surface area contributed by atoms with Crippen molar-refractivity contribution in [1.82, 2.24) is 0 Å². The molecule has 0 amide bonds. The highest BCUT2D eigenvalue weighted by molar-refractivity contribution is 5.77. The highest BCUT2D eigenvalue weighted by Gasteiger charge is 2.39. The summed E-state index contributed by atoms with van der Waals surface area (Å²) in [6.07, 6.45) is 7.86. The number of carbonyl (C=O) groups is 1. The van der Waals surface area contributed by atoms with Crippen LogP contribution in [0.25, 0.3) is 6.08 Å². The zero-order valence-electron chi connectivity index (χ0n) is 14.3. The topological polar surface area (TPSA) is 127 Å². The number of benzene rings is 1. The second-order valence-electron chi connectivity index (χ2n) is 6.47. The Morgan fingerprint density at radius 1 is 1.19 bits per heavy atom. The standard InChI is InChI=1S/C19H22O7/c1-18(11-20,12-21)17(24)26-19(25)6-4-13(5-7-19)2-3-14-8-15(22)10-16(23)9-14/h2-6,8-10,20-23,25H,7,11-12H2,1H3. The number of aliphatic hydroxyl groups is 3. The van der Waals surface area contributed by atoms with Gasteiger partial charge in [0.1, 0.15) is 16.9 Å². The van der Waals surface area contributed by atoms with Crippen molar-refractivity contribution in [3.63, 3.8) is 0 Å². The minimum atomic E-state index is -1.86. The van der Waals surface area contributed by atoms with Gasteiger partial charge in [-0.15, -0.1) is 0 Å². The van der Waals surface area contributed by atoms with Gasteiger partial charge in [0.25, 0.3) is 0 Å². The summed E-state index contributed by atoms with van der Waals surface area (Å²) in [6.45, 7) is 0.116. The Hall–Kier alpha value is -2.61. The second kappa shape index (κ2) is 7.74. The zero-order chi connectivity index (χ0) is 19.4.